The maximum absolute atomic E-state index is 2.96. The fraction of sp³-hybridized carbons (Fsp3) is 0.786. The predicted octanol–water partition coefficient (Wildman–Crippen LogP) is 14.3. The molecular weight excluding hydrogens is 793 g/mol. The molecule has 2 aromatic carbocycles. The van der Waals surface area contributed by atoms with Crippen LogP contribution in [0, 0.1) is 0 Å². The van der Waals surface area contributed by atoms with Crippen LogP contribution in [-0.4, -0.2) is 20.9 Å². The number of benzene rings is 2. The molecule has 59 heavy (non-hydrogen) atoms. The summed E-state index contributed by atoms with van der Waals surface area (Å²) >= 11 is -0.715. The summed E-state index contributed by atoms with van der Waals surface area (Å²) in [6, 6.07) is 5.92. The summed E-state index contributed by atoms with van der Waals surface area (Å²) in [5.74, 6) is 0. The number of hydrogen-bond acceptors (Lipinski definition) is 1. The van der Waals surface area contributed by atoms with E-state index in [1.54, 1.807) is 0 Å². The van der Waals surface area contributed by atoms with Crippen molar-refractivity contribution >= 4 is 37.7 Å². The van der Waals surface area contributed by atoms with E-state index in [-0.39, 0.29) is 40.6 Å². The average Bonchev–Trinajstić information content (AvgIpc) is 3.94. The minimum atomic E-state index is -0.715. The minimum absolute atomic E-state index is 0. The standard InChI is InChI=1S/C56H90Ge.H2O.H2S/c1-17-49(18-2)35-53(25-9,26-10)43-39(49)33-40-44(54(27-11,28-12)36-50(40,19-3)20-4)47(43)57-48-45-41(51(21-5,22-6)37-55(45,29-13)30-14)34-42-46(48)56(31-15,32-16)38-52(42,23-7)24-8;;/h33-34H,17-32,35-38H2,1-16H3;2*1H2/p-1. The second kappa shape index (κ2) is 18.0. The second-order valence-corrected chi connectivity index (χ2v) is 23.5. The number of thiol groups is 1. The first-order valence-corrected chi connectivity index (χ1v) is 27.6. The molecule has 3 heteroatoms. The molecule has 2 N–H and O–H groups in total. The Balaban J connectivity index is 0.00000384. The molecule has 0 fully saturated rings. The van der Waals surface area contributed by atoms with E-state index in [0.717, 1.165) is 0 Å². The average molecular weight is 887 g/mol. The topological polar surface area (TPSA) is 31.5 Å². The number of rotatable bonds is 18. The van der Waals surface area contributed by atoms with Crippen LogP contribution in [0.4, 0.5) is 0 Å². The zero-order valence-electron chi connectivity index (χ0n) is 41.7. The number of hydrogen-bond donors (Lipinski definition) is 0. The van der Waals surface area contributed by atoms with Gasteiger partial charge >= 0.3 is 363 Å². The van der Waals surface area contributed by atoms with E-state index in [1.165, 1.54) is 128 Å². The van der Waals surface area contributed by atoms with Crippen LogP contribution in [-0.2, 0) is 56.8 Å². The van der Waals surface area contributed by atoms with Crippen LogP contribution < -0.4 is 8.79 Å². The largest absolute Gasteiger partial charge is 0.813 e. The molecular formula is C56H93GeOS-. The molecule has 0 aliphatic heterocycles. The summed E-state index contributed by atoms with van der Waals surface area (Å²) in [5.41, 5.74) is 17.4. The van der Waals surface area contributed by atoms with Crippen molar-refractivity contribution in [2.24, 2.45) is 0 Å². The number of fused-ring (bicyclic) bond motifs is 4. The zero-order valence-corrected chi connectivity index (χ0v) is 44.7. The molecule has 0 amide bonds. The zero-order chi connectivity index (χ0) is 42.0. The maximum atomic E-state index is 2.96. The third-order valence-electron chi connectivity index (χ3n) is 20.8. The molecule has 4 aliphatic rings. The molecule has 334 valence electrons. The maximum Gasteiger partial charge on any atom is -0.412 e. The quantitative estimate of drug-likeness (QED) is 0.0834. The van der Waals surface area contributed by atoms with Gasteiger partial charge in [0.15, 0.2) is 0 Å². The van der Waals surface area contributed by atoms with Crippen LogP contribution in [0.5, 0.6) is 0 Å². The Hall–Kier alpha value is -0.707. The molecule has 0 saturated heterocycles. The van der Waals surface area contributed by atoms with Gasteiger partial charge in [-0.3, -0.25) is 0 Å². The molecule has 0 heterocycles. The van der Waals surface area contributed by atoms with Gasteiger partial charge in [0.25, 0.3) is 0 Å². The van der Waals surface area contributed by atoms with Gasteiger partial charge < -0.3 is 19.0 Å². The molecule has 2 aromatic rings. The molecule has 0 aromatic heterocycles. The van der Waals surface area contributed by atoms with Crippen molar-refractivity contribution in [3.63, 3.8) is 0 Å². The van der Waals surface area contributed by atoms with Crippen LogP contribution in [0.2, 0.25) is 0 Å². The Morgan fingerprint density at radius 3 is 0.593 bits per heavy atom. The van der Waals surface area contributed by atoms with E-state index in [2.05, 4.69) is 123 Å². The van der Waals surface area contributed by atoms with E-state index >= 15 is 0 Å². The molecule has 2 radical (unpaired) electrons. The van der Waals surface area contributed by atoms with Gasteiger partial charge in [0.2, 0.25) is 0 Å². The van der Waals surface area contributed by atoms with Crippen LogP contribution in [0.1, 0.15) is 284 Å². The smallest absolute Gasteiger partial charge is 0.412 e. The van der Waals surface area contributed by atoms with E-state index in [1.807, 2.05) is 53.3 Å². The van der Waals surface area contributed by atoms with Gasteiger partial charge in [-0.25, -0.2) is 0 Å². The molecule has 0 bridgehead atoms. The summed E-state index contributed by atoms with van der Waals surface area (Å²) < 4.78 is 3.99. The van der Waals surface area contributed by atoms with Gasteiger partial charge in [-0.2, -0.15) is 0 Å². The van der Waals surface area contributed by atoms with Crippen molar-refractivity contribution in [3.05, 3.63) is 56.6 Å². The van der Waals surface area contributed by atoms with Crippen molar-refractivity contribution < 1.29 is 5.48 Å². The van der Waals surface area contributed by atoms with E-state index in [4.69, 9.17) is 0 Å². The van der Waals surface area contributed by atoms with E-state index in [9.17, 15) is 0 Å². The first-order valence-electron chi connectivity index (χ1n) is 25.5. The van der Waals surface area contributed by atoms with Gasteiger partial charge in [0, 0.05) is 0 Å². The molecule has 1 nitrogen and oxygen atoms in total. The molecule has 4 aliphatic carbocycles. The van der Waals surface area contributed by atoms with E-state index in [0.29, 0.717) is 21.7 Å². The SMILES string of the molecule is CCC1(CC)CC(CC)(CC)c2c1cc1c([c]2[Ge][c]2c3c(cc4c2C(CC)(CC)CC4(CC)CC)C(CC)(CC)CC3(CC)CC)C(CC)(CC)CC1(CC)CC.O.[SH-]. The summed E-state index contributed by atoms with van der Waals surface area (Å²) in [5, 5.41) is 0. The molecule has 0 atom stereocenters. The van der Waals surface area contributed by atoms with Crippen molar-refractivity contribution in [2.45, 2.75) is 283 Å². The second-order valence-electron chi connectivity index (χ2n) is 20.9. The molecule has 0 unspecified atom stereocenters. The Bertz CT molecular complexity index is 1520. The first kappa shape index (κ1) is 50.9. The Morgan fingerprint density at radius 1 is 0.305 bits per heavy atom. The van der Waals surface area contributed by atoms with Gasteiger partial charge in [-0.05, 0) is 0 Å². The van der Waals surface area contributed by atoms with Gasteiger partial charge in [-0.1, -0.05) is 0 Å². The van der Waals surface area contributed by atoms with Gasteiger partial charge in [0.05, 0.1) is 0 Å². The predicted molar refractivity (Wildman–Crippen MR) is 267 cm³/mol. The van der Waals surface area contributed by atoms with Crippen LogP contribution in [0.15, 0.2) is 12.1 Å². The Morgan fingerprint density at radius 2 is 0.458 bits per heavy atom. The fourth-order valence-electron chi connectivity index (χ4n) is 15.9. The van der Waals surface area contributed by atoms with Crippen molar-refractivity contribution in [2.75, 3.05) is 0 Å². The molecule has 0 spiro atoms. The van der Waals surface area contributed by atoms with Gasteiger partial charge in [-0.15, -0.1) is 0 Å². The van der Waals surface area contributed by atoms with Crippen LogP contribution in [0.3, 0.4) is 0 Å². The fourth-order valence-corrected chi connectivity index (χ4v) is 20.8. The molecule has 0 saturated carbocycles. The monoisotopic (exact) mass is 888 g/mol. The summed E-state index contributed by atoms with van der Waals surface area (Å²) in [7, 11) is 0. The van der Waals surface area contributed by atoms with Crippen molar-refractivity contribution in [1.82, 2.24) is 0 Å². The van der Waals surface area contributed by atoms with Gasteiger partial charge in [0.1, 0.15) is 0 Å². The van der Waals surface area contributed by atoms with Crippen molar-refractivity contribution in [1.29, 1.82) is 0 Å². The first-order chi connectivity index (χ1) is 27.2. The van der Waals surface area contributed by atoms with E-state index < -0.39 is 15.4 Å². The Kier molecular flexibility index (Phi) is 15.6. The third-order valence-corrected chi connectivity index (χ3v) is 24.0. The van der Waals surface area contributed by atoms with Crippen LogP contribution >= 0.6 is 0 Å². The summed E-state index contributed by atoms with van der Waals surface area (Å²) in [6.07, 6.45) is 25.9. The van der Waals surface area contributed by atoms with Crippen molar-refractivity contribution in [3.8, 4) is 0 Å². The summed E-state index contributed by atoms with van der Waals surface area (Å²) in [6.45, 7) is 41.2. The normalized spacial score (nSPS) is 22.2. The van der Waals surface area contributed by atoms with Crippen LogP contribution in [0.25, 0.3) is 0 Å². The third kappa shape index (κ3) is 6.57. The Labute approximate surface area is 380 Å². The molecule has 6 rings (SSSR count). The summed E-state index contributed by atoms with van der Waals surface area (Å²) in [4.78, 5) is 0. The minimum Gasteiger partial charge on any atom is -0.813 e.